The van der Waals surface area contributed by atoms with E-state index in [2.05, 4.69) is 0 Å². The Bertz CT molecular complexity index is 208. The summed E-state index contributed by atoms with van der Waals surface area (Å²) < 4.78 is 4.99. The number of aliphatic carboxylic acids is 1. The van der Waals surface area contributed by atoms with Gasteiger partial charge in [-0.25, -0.2) is 0 Å². The molecular weight excluding hydrogens is 182 g/mol. The van der Waals surface area contributed by atoms with E-state index < -0.39 is 11.5 Å². The summed E-state index contributed by atoms with van der Waals surface area (Å²) in [6.07, 6.45) is 2.42. The van der Waals surface area contributed by atoms with Gasteiger partial charge in [-0.2, -0.15) is 0 Å². The molecule has 1 N–H and O–H groups in total. The molecule has 0 amide bonds. The van der Waals surface area contributed by atoms with Gasteiger partial charge >= 0.3 is 5.97 Å². The quantitative estimate of drug-likeness (QED) is 0.720. The van der Waals surface area contributed by atoms with Gasteiger partial charge in [-0.15, -0.1) is 0 Å². The van der Waals surface area contributed by atoms with Gasteiger partial charge in [0.15, 0.2) is 0 Å². The van der Waals surface area contributed by atoms with Crippen LogP contribution in [-0.2, 0) is 9.53 Å². The van der Waals surface area contributed by atoms with E-state index in [-0.39, 0.29) is 0 Å². The second-order valence-electron chi connectivity index (χ2n) is 3.77. The monoisotopic (exact) mass is 201 g/mol. The third-order valence-corrected chi connectivity index (χ3v) is 3.17. The molecule has 82 valence electrons. The molecule has 0 saturated carbocycles. The smallest absolute Gasteiger partial charge is 0.324 e. The average Bonchev–Trinajstić information content (AvgIpc) is 2.58. The van der Waals surface area contributed by atoms with Gasteiger partial charge in [-0.1, -0.05) is 6.92 Å². The number of hydrogen-bond acceptors (Lipinski definition) is 3. The maximum absolute atomic E-state index is 11.2. The van der Waals surface area contributed by atoms with E-state index in [4.69, 9.17) is 4.74 Å². The highest BCUT2D eigenvalue weighted by Crippen LogP contribution is 2.32. The van der Waals surface area contributed by atoms with Crippen LogP contribution in [0.4, 0.5) is 0 Å². The zero-order chi connectivity index (χ0) is 10.6. The number of ether oxygens (including phenoxy) is 1. The van der Waals surface area contributed by atoms with E-state index in [9.17, 15) is 9.90 Å². The van der Waals surface area contributed by atoms with Crippen LogP contribution >= 0.6 is 0 Å². The standard InChI is InChI=1S/C10H19NO3/c1-3-10(9(12)13)5-4-6-11(10)7-8-14-2/h3-8H2,1-2H3,(H,12,13). The van der Waals surface area contributed by atoms with Crippen LogP contribution in [0.15, 0.2) is 0 Å². The number of carboxylic acids is 1. The molecule has 0 aromatic carbocycles. The molecule has 14 heavy (non-hydrogen) atoms. The molecule has 0 aliphatic carbocycles. The van der Waals surface area contributed by atoms with Crippen LogP contribution in [0.3, 0.4) is 0 Å². The Kier molecular flexibility index (Phi) is 3.89. The summed E-state index contributed by atoms with van der Waals surface area (Å²) in [6.45, 7) is 4.15. The zero-order valence-electron chi connectivity index (χ0n) is 8.95. The molecule has 1 unspecified atom stereocenters. The number of carbonyl (C=O) groups is 1. The lowest BCUT2D eigenvalue weighted by atomic mass is 9.93. The van der Waals surface area contributed by atoms with Gasteiger partial charge in [0.1, 0.15) is 5.54 Å². The lowest BCUT2D eigenvalue weighted by molar-refractivity contribution is -0.150. The van der Waals surface area contributed by atoms with Gasteiger partial charge in [-0.05, 0) is 25.8 Å². The normalized spacial score (nSPS) is 28.1. The molecule has 1 rings (SSSR count). The lowest BCUT2D eigenvalue weighted by Crippen LogP contribution is -2.51. The molecule has 1 aliphatic heterocycles. The van der Waals surface area contributed by atoms with Crippen molar-refractivity contribution in [3.8, 4) is 0 Å². The Balaban J connectivity index is 2.67. The summed E-state index contributed by atoms with van der Waals surface area (Å²) >= 11 is 0. The molecule has 4 nitrogen and oxygen atoms in total. The molecule has 1 fully saturated rings. The SMILES string of the molecule is CCC1(C(=O)O)CCCN1CCOC. The molecule has 0 bridgehead atoms. The summed E-state index contributed by atoms with van der Waals surface area (Å²) in [6, 6.07) is 0. The highest BCUT2D eigenvalue weighted by Gasteiger charge is 2.45. The third kappa shape index (κ3) is 1.91. The van der Waals surface area contributed by atoms with E-state index in [1.165, 1.54) is 0 Å². The first-order valence-corrected chi connectivity index (χ1v) is 5.14. The Hall–Kier alpha value is -0.610. The summed E-state index contributed by atoms with van der Waals surface area (Å²) in [5.74, 6) is -0.686. The largest absolute Gasteiger partial charge is 0.480 e. The summed E-state index contributed by atoms with van der Waals surface area (Å²) in [5, 5.41) is 9.25. The highest BCUT2D eigenvalue weighted by molar-refractivity contribution is 5.79. The van der Waals surface area contributed by atoms with Gasteiger partial charge < -0.3 is 9.84 Å². The molecule has 1 aliphatic rings. The molecule has 0 aromatic heterocycles. The summed E-state index contributed by atoms with van der Waals surface area (Å²) in [5.41, 5.74) is -0.626. The fourth-order valence-electron chi connectivity index (χ4n) is 2.26. The summed E-state index contributed by atoms with van der Waals surface area (Å²) in [4.78, 5) is 13.3. The molecule has 0 radical (unpaired) electrons. The zero-order valence-corrected chi connectivity index (χ0v) is 8.95. The molecule has 1 heterocycles. The van der Waals surface area contributed by atoms with Gasteiger partial charge in [0, 0.05) is 13.7 Å². The predicted octanol–water partition coefficient (Wildman–Crippen LogP) is 0.962. The van der Waals surface area contributed by atoms with Crippen molar-refractivity contribution in [2.75, 3.05) is 26.8 Å². The van der Waals surface area contributed by atoms with Crippen molar-refractivity contribution in [3.63, 3.8) is 0 Å². The van der Waals surface area contributed by atoms with Crippen molar-refractivity contribution in [2.24, 2.45) is 0 Å². The topological polar surface area (TPSA) is 49.8 Å². The van der Waals surface area contributed by atoms with Crippen molar-refractivity contribution < 1.29 is 14.6 Å². The van der Waals surface area contributed by atoms with Crippen LogP contribution in [0, 0.1) is 0 Å². The number of rotatable bonds is 5. The van der Waals surface area contributed by atoms with E-state index in [0.29, 0.717) is 13.0 Å². The van der Waals surface area contributed by atoms with Crippen LogP contribution < -0.4 is 0 Å². The van der Waals surface area contributed by atoms with Gasteiger partial charge in [0.05, 0.1) is 6.61 Å². The maximum Gasteiger partial charge on any atom is 0.324 e. The number of methoxy groups -OCH3 is 1. The van der Waals surface area contributed by atoms with E-state index in [1.54, 1.807) is 7.11 Å². The minimum Gasteiger partial charge on any atom is -0.480 e. The molecule has 0 aromatic rings. The number of carboxylic acid groups (broad SMARTS) is 1. The third-order valence-electron chi connectivity index (χ3n) is 3.17. The van der Waals surface area contributed by atoms with Gasteiger partial charge in [0.25, 0.3) is 0 Å². The minimum absolute atomic E-state index is 0.606. The van der Waals surface area contributed by atoms with Crippen molar-refractivity contribution in [1.82, 2.24) is 4.90 Å². The van der Waals surface area contributed by atoms with Crippen LogP contribution in [0.25, 0.3) is 0 Å². The van der Waals surface area contributed by atoms with Crippen LogP contribution in [0.5, 0.6) is 0 Å². The van der Waals surface area contributed by atoms with Crippen molar-refractivity contribution in [1.29, 1.82) is 0 Å². The number of nitrogens with zero attached hydrogens (tertiary/aromatic N) is 1. The van der Waals surface area contributed by atoms with Crippen molar-refractivity contribution in [2.45, 2.75) is 31.7 Å². The molecule has 1 saturated heterocycles. The van der Waals surface area contributed by atoms with Gasteiger partial charge in [0.2, 0.25) is 0 Å². The number of hydrogen-bond donors (Lipinski definition) is 1. The Morgan fingerprint density at radius 2 is 2.36 bits per heavy atom. The number of likely N-dealkylation sites (tertiary alicyclic amines) is 1. The molecular formula is C10H19NO3. The first-order chi connectivity index (χ1) is 6.67. The molecule has 0 spiro atoms. The van der Waals surface area contributed by atoms with Crippen molar-refractivity contribution in [3.05, 3.63) is 0 Å². The first kappa shape index (κ1) is 11.5. The van der Waals surface area contributed by atoms with Crippen LogP contribution in [0.2, 0.25) is 0 Å². The molecule has 4 heteroatoms. The van der Waals surface area contributed by atoms with E-state index in [0.717, 1.165) is 25.9 Å². The summed E-state index contributed by atoms with van der Waals surface area (Å²) in [7, 11) is 1.64. The lowest BCUT2D eigenvalue weighted by Gasteiger charge is -2.33. The minimum atomic E-state index is -0.686. The van der Waals surface area contributed by atoms with E-state index in [1.807, 2.05) is 11.8 Å². The first-order valence-electron chi connectivity index (χ1n) is 5.14. The average molecular weight is 201 g/mol. The van der Waals surface area contributed by atoms with Crippen LogP contribution in [0.1, 0.15) is 26.2 Å². The highest BCUT2D eigenvalue weighted by atomic mass is 16.5. The fourth-order valence-corrected chi connectivity index (χ4v) is 2.26. The Labute approximate surface area is 84.8 Å². The Morgan fingerprint density at radius 1 is 1.64 bits per heavy atom. The maximum atomic E-state index is 11.2. The second-order valence-corrected chi connectivity index (χ2v) is 3.77. The van der Waals surface area contributed by atoms with E-state index >= 15 is 0 Å². The Morgan fingerprint density at radius 3 is 2.86 bits per heavy atom. The second kappa shape index (κ2) is 4.75. The van der Waals surface area contributed by atoms with Crippen molar-refractivity contribution >= 4 is 5.97 Å². The fraction of sp³-hybridized carbons (Fsp3) is 0.900. The predicted molar refractivity (Wildman–Crippen MR) is 53.3 cm³/mol. The van der Waals surface area contributed by atoms with Crippen LogP contribution in [-0.4, -0.2) is 48.3 Å². The molecule has 1 atom stereocenters. The van der Waals surface area contributed by atoms with Gasteiger partial charge in [-0.3, -0.25) is 9.69 Å².